The second-order valence-electron chi connectivity index (χ2n) is 9.56. The monoisotopic (exact) mass is 383 g/mol. The SMILES string of the molecule is CN(CCCCCC1CCCNC1)c1ccc(C2CCC3CCCCN32)cc1. The van der Waals surface area contributed by atoms with Gasteiger partial charge in [0, 0.05) is 31.4 Å². The topological polar surface area (TPSA) is 18.5 Å². The van der Waals surface area contributed by atoms with E-state index < -0.39 is 0 Å². The first-order chi connectivity index (χ1) is 13.8. The lowest BCUT2D eigenvalue weighted by Crippen LogP contribution is -2.35. The number of piperidine rings is 2. The van der Waals surface area contributed by atoms with Crippen molar-refractivity contribution in [2.45, 2.75) is 82.7 Å². The molecule has 3 fully saturated rings. The first-order valence-corrected chi connectivity index (χ1v) is 12.1. The normalized spacial score (nSPS) is 28.2. The summed E-state index contributed by atoms with van der Waals surface area (Å²) in [6.07, 6.45) is 15.4. The molecule has 3 heteroatoms. The quantitative estimate of drug-likeness (QED) is 0.609. The highest BCUT2D eigenvalue weighted by Gasteiger charge is 2.35. The zero-order valence-corrected chi connectivity index (χ0v) is 18.0. The molecule has 0 radical (unpaired) electrons. The maximum atomic E-state index is 3.54. The fraction of sp³-hybridized carbons (Fsp3) is 0.760. The summed E-state index contributed by atoms with van der Waals surface area (Å²) < 4.78 is 0. The van der Waals surface area contributed by atoms with Crippen molar-refractivity contribution in [3.05, 3.63) is 29.8 Å². The zero-order chi connectivity index (χ0) is 19.2. The van der Waals surface area contributed by atoms with E-state index in [0.717, 1.165) is 12.0 Å². The molecule has 0 bridgehead atoms. The number of hydrogen-bond acceptors (Lipinski definition) is 3. The van der Waals surface area contributed by atoms with Gasteiger partial charge in [-0.15, -0.1) is 0 Å². The van der Waals surface area contributed by atoms with Crippen LogP contribution in [0.4, 0.5) is 5.69 Å². The molecule has 3 unspecified atom stereocenters. The number of fused-ring (bicyclic) bond motifs is 1. The van der Waals surface area contributed by atoms with Crippen molar-refractivity contribution in [1.82, 2.24) is 10.2 Å². The van der Waals surface area contributed by atoms with Gasteiger partial charge in [0.2, 0.25) is 0 Å². The highest BCUT2D eigenvalue weighted by Crippen LogP contribution is 2.40. The number of benzene rings is 1. The largest absolute Gasteiger partial charge is 0.375 e. The Morgan fingerprint density at radius 3 is 2.68 bits per heavy atom. The van der Waals surface area contributed by atoms with Gasteiger partial charge in [0.1, 0.15) is 0 Å². The van der Waals surface area contributed by atoms with Crippen molar-refractivity contribution in [2.24, 2.45) is 5.92 Å². The maximum absolute atomic E-state index is 3.54. The molecule has 156 valence electrons. The smallest absolute Gasteiger partial charge is 0.0363 e. The number of hydrogen-bond donors (Lipinski definition) is 1. The van der Waals surface area contributed by atoms with Crippen molar-refractivity contribution in [1.29, 1.82) is 0 Å². The second-order valence-corrected chi connectivity index (χ2v) is 9.56. The molecular weight excluding hydrogens is 342 g/mol. The van der Waals surface area contributed by atoms with Crippen LogP contribution in [-0.4, -0.2) is 44.2 Å². The van der Waals surface area contributed by atoms with Crippen LogP contribution in [-0.2, 0) is 0 Å². The van der Waals surface area contributed by atoms with Crippen LogP contribution >= 0.6 is 0 Å². The molecule has 28 heavy (non-hydrogen) atoms. The minimum Gasteiger partial charge on any atom is -0.375 e. The van der Waals surface area contributed by atoms with E-state index in [1.54, 1.807) is 5.56 Å². The lowest BCUT2D eigenvalue weighted by molar-refractivity contribution is 0.150. The Bertz CT molecular complexity index is 578. The molecule has 0 aliphatic carbocycles. The zero-order valence-electron chi connectivity index (χ0n) is 18.0. The van der Waals surface area contributed by atoms with E-state index in [0.29, 0.717) is 6.04 Å². The van der Waals surface area contributed by atoms with Gasteiger partial charge in [0.05, 0.1) is 0 Å². The van der Waals surface area contributed by atoms with Gasteiger partial charge in [-0.25, -0.2) is 0 Å². The lowest BCUT2D eigenvalue weighted by Gasteiger charge is -2.34. The predicted octanol–water partition coefficient (Wildman–Crippen LogP) is 5.37. The van der Waals surface area contributed by atoms with E-state index in [2.05, 4.69) is 46.4 Å². The molecule has 1 N–H and O–H groups in total. The number of nitrogens with one attached hydrogen (secondary N) is 1. The molecule has 0 saturated carbocycles. The average Bonchev–Trinajstić information content (AvgIpc) is 3.18. The van der Waals surface area contributed by atoms with Crippen LogP contribution in [0, 0.1) is 5.92 Å². The minimum absolute atomic E-state index is 0.680. The van der Waals surface area contributed by atoms with E-state index in [4.69, 9.17) is 0 Å². The van der Waals surface area contributed by atoms with Gasteiger partial charge in [-0.3, -0.25) is 4.90 Å². The number of unbranched alkanes of at least 4 members (excludes halogenated alkanes) is 2. The predicted molar refractivity (Wildman–Crippen MR) is 120 cm³/mol. The summed E-state index contributed by atoms with van der Waals surface area (Å²) in [5, 5.41) is 3.54. The van der Waals surface area contributed by atoms with Crippen LogP contribution in [0.25, 0.3) is 0 Å². The molecule has 4 rings (SSSR count). The molecule has 0 amide bonds. The van der Waals surface area contributed by atoms with Crippen molar-refractivity contribution in [3.8, 4) is 0 Å². The van der Waals surface area contributed by atoms with E-state index in [9.17, 15) is 0 Å². The Labute approximate surface area is 172 Å². The molecule has 3 nitrogen and oxygen atoms in total. The van der Waals surface area contributed by atoms with E-state index in [1.165, 1.54) is 102 Å². The van der Waals surface area contributed by atoms with Gasteiger partial charge in [-0.2, -0.15) is 0 Å². The summed E-state index contributed by atoms with van der Waals surface area (Å²) in [4.78, 5) is 5.24. The van der Waals surface area contributed by atoms with Gasteiger partial charge in [0.15, 0.2) is 0 Å². The fourth-order valence-corrected chi connectivity index (χ4v) is 5.83. The van der Waals surface area contributed by atoms with Crippen LogP contribution in [0.5, 0.6) is 0 Å². The number of nitrogens with zero attached hydrogens (tertiary/aromatic N) is 2. The first kappa shape index (κ1) is 20.2. The number of anilines is 1. The molecule has 3 heterocycles. The van der Waals surface area contributed by atoms with Gasteiger partial charge >= 0.3 is 0 Å². The molecule has 3 aliphatic heterocycles. The highest BCUT2D eigenvalue weighted by atomic mass is 15.2. The Balaban J connectivity index is 1.19. The lowest BCUT2D eigenvalue weighted by atomic mass is 9.93. The molecular formula is C25H41N3. The van der Waals surface area contributed by atoms with E-state index in [1.807, 2.05) is 0 Å². The molecule has 3 saturated heterocycles. The van der Waals surface area contributed by atoms with Gasteiger partial charge in [0.25, 0.3) is 0 Å². The van der Waals surface area contributed by atoms with Crippen molar-refractivity contribution in [3.63, 3.8) is 0 Å². The number of rotatable bonds is 8. The summed E-state index contributed by atoms with van der Waals surface area (Å²) in [6, 6.07) is 11.1. The summed E-state index contributed by atoms with van der Waals surface area (Å²) in [5.74, 6) is 0.939. The summed E-state index contributed by atoms with van der Waals surface area (Å²) in [7, 11) is 2.26. The highest BCUT2D eigenvalue weighted by molar-refractivity contribution is 5.47. The van der Waals surface area contributed by atoms with Gasteiger partial charge in [-0.05, 0) is 94.6 Å². The fourth-order valence-electron chi connectivity index (χ4n) is 5.83. The molecule has 3 aliphatic rings. The van der Waals surface area contributed by atoms with Crippen molar-refractivity contribution < 1.29 is 0 Å². The molecule has 3 atom stereocenters. The van der Waals surface area contributed by atoms with Crippen LogP contribution < -0.4 is 10.2 Å². The molecule has 0 spiro atoms. The van der Waals surface area contributed by atoms with Crippen LogP contribution in [0.2, 0.25) is 0 Å². The third-order valence-corrected chi connectivity index (χ3v) is 7.57. The van der Waals surface area contributed by atoms with Gasteiger partial charge in [-0.1, -0.05) is 31.4 Å². The third kappa shape index (κ3) is 5.10. The molecule has 0 aromatic heterocycles. The first-order valence-electron chi connectivity index (χ1n) is 12.1. The Morgan fingerprint density at radius 1 is 0.964 bits per heavy atom. The Kier molecular flexibility index (Phi) is 7.31. The third-order valence-electron chi connectivity index (χ3n) is 7.57. The van der Waals surface area contributed by atoms with Crippen LogP contribution in [0.3, 0.4) is 0 Å². The van der Waals surface area contributed by atoms with Crippen LogP contribution in [0.15, 0.2) is 24.3 Å². The van der Waals surface area contributed by atoms with Crippen molar-refractivity contribution in [2.75, 3.05) is 38.1 Å². The van der Waals surface area contributed by atoms with E-state index in [-0.39, 0.29) is 0 Å². The standard InChI is InChI=1S/C25H41N3/c1-27(18-5-2-3-8-21-9-7-17-26-20-21)23-13-11-22(12-14-23)25-16-15-24-10-4-6-19-28(24)25/h11-14,21,24-26H,2-10,15-20H2,1H3. The van der Waals surface area contributed by atoms with Crippen molar-refractivity contribution >= 4 is 5.69 Å². The molecule has 1 aromatic carbocycles. The Hall–Kier alpha value is -1.06. The summed E-state index contributed by atoms with van der Waals surface area (Å²) >= 11 is 0. The molecule has 1 aromatic rings. The van der Waals surface area contributed by atoms with Crippen LogP contribution in [0.1, 0.15) is 82.2 Å². The van der Waals surface area contributed by atoms with E-state index >= 15 is 0 Å². The Morgan fingerprint density at radius 2 is 1.86 bits per heavy atom. The second kappa shape index (κ2) is 10.1. The average molecular weight is 384 g/mol. The minimum atomic E-state index is 0.680. The summed E-state index contributed by atoms with van der Waals surface area (Å²) in [6.45, 7) is 4.98. The summed E-state index contributed by atoms with van der Waals surface area (Å²) in [5.41, 5.74) is 2.93. The van der Waals surface area contributed by atoms with Gasteiger partial charge < -0.3 is 10.2 Å². The maximum Gasteiger partial charge on any atom is 0.0363 e.